The van der Waals surface area contributed by atoms with Crippen LogP contribution in [0.25, 0.3) is 6.08 Å². The van der Waals surface area contributed by atoms with E-state index >= 15 is 0 Å². The molecule has 0 aromatic heterocycles. The fourth-order valence-corrected chi connectivity index (χ4v) is 3.75. The number of nitrogens with one attached hydrogen (secondary N) is 1. The number of imide groups is 1. The summed E-state index contributed by atoms with van der Waals surface area (Å²) in [7, 11) is 0. The van der Waals surface area contributed by atoms with Gasteiger partial charge in [-0.2, -0.15) is 0 Å². The number of carbonyl (C=O) groups is 3. The number of ether oxygens (including phenoxy) is 1. The molecule has 3 rings (SSSR count). The lowest BCUT2D eigenvalue weighted by Gasteiger charge is -2.12. The summed E-state index contributed by atoms with van der Waals surface area (Å²) in [4.78, 5) is 38.1. The number of thioether (sulfide) groups is 1. The van der Waals surface area contributed by atoms with Gasteiger partial charge >= 0.3 is 0 Å². The fourth-order valence-electron chi connectivity index (χ4n) is 2.55. The maximum atomic E-state index is 12.6. The summed E-state index contributed by atoms with van der Waals surface area (Å²) in [6, 6.07) is 11.8. The highest BCUT2D eigenvalue weighted by Gasteiger charge is 2.36. The molecule has 150 valence electrons. The Bertz CT molecular complexity index is 992. The molecule has 1 heterocycles. The average Bonchev–Trinajstić information content (AvgIpc) is 2.94. The van der Waals surface area contributed by atoms with Crippen molar-refractivity contribution in [1.82, 2.24) is 4.90 Å². The monoisotopic (exact) mass is 450 g/mol. The molecule has 29 heavy (non-hydrogen) atoms. The van der Waals surface area contributed by atoms with Crippen molar-refractivity contribution in [3.63, 3.8) is 0 Å². The molecule has 0 saturated carbocycles. The Kier molecular flexibility index (Phi) is 6.84. The predicted octanol–water partition coefficient (Wildman–Crippen LogP) is 5.07. The molecule has 9 heteroatoms. The molecule has 0 aliphatic carbocycles. The molecule has 1 aliphatic heterocycles. The summed E-state index contributed by atoms with van der Waals surface area (Å²) in [5, 5.41) is 2.75. The second kappa shape index (κ2) is 9.35. The van der Waals surface area contributed by atoms with Crippen LogP contribution in [0.4, 0.5) is 10.5 Å². The van der Waals surface area contributed by atoms with Crippen LogP contribution in [0, 0.1) is 0 Å². The van der Waals surface area contributed by atoms with Gasteiger partial charge in [0, 0.05) is 5.69 Å². The first-order chi connectivity index (χ1) is 13.9. The highest BCUT2D eigenvalue weighted by atomic mass is 35.5. The Labute approximate surface area is 181 Å². The Balaban J connectivity index is 1.67. The van der Waals surface area contributed by atoms with E-state index in [9.17, 15) is 14.4 Å². The molecule has 2 aromatic rings. The van der Waals surface area contributed by atoms with Gasteiger partial charge in [-0.25, -0.2) is 0 Å². The third-order valence-electron chi connectivity index (χ3n) is 3.89. The van der Waals surface area contributed by atoms with E-state index in [4.69, 9.17) is 27.9 Å². The quantitative estimate of drug-likeness (QED) is 0.621. The van der Waals surface area contributed by atoms with Crippen LogP contribution >= 0.6 is 35.0 Å². The lowest BCUT2D eigenvalue weighted by molar-refractivity contribution is -0.127. The molecular formula is C20H16Cl2N2O4S. The highest BCUT2D eigenvalue weighted by Crippen LogP contribution is 2.35. The molecule has 3 amide bonds. The lowest BCUT2D eigenvalue weighted by Crippen LogP contribution is -2.36. The Morgan fingerprint density at radius 2 is 1.90 bits per heavy atom. The van der Waals surface area contributed by atoms with Gasteiger partial charge in [0.2, 0.25) is 5.91 Å². The van der Waals surface area contributed by atoms with E-state index in [1.807, 2.05) is 6.92 Å². The first-order valence-electron chi connectivity index (χ1n) is 8.61. The Morgan fingerprint density at radius 1 is 1.17 bits per heavy atom. The van der Waals surface area contributed by atoms with E-state index in [-0.39, 0.29) is 9.93 Å². The van der Waals surface area contributed by atoms with E-state index in [1.54, 1.807) is 42.5 Å². The number of nitrogens with zero attached hydrogens (tertiary/aromatic N) is 1. The van der Waals surface area contributed by atoms with Gasteiger partial charge in [-0.05, 0) is 60.7 Å². The summed E-state index contributed by atoms with van der Waals surface area (Å²) in [6.45, 7) is 2.03. The summed E-state index contributed by atoms with van der Waals surface area (Å²) < 4.78 is 5.34. The first-order valence-corrected chi connectivity index (χ1v) is 10.2. The molecule has 0 atom stereocenters. The van der Waals surface area contributed by atoms with E-state index in [2.05, 4.69) is 5.32 Å². The molecular weight excluding hydrogens is 435 g/mol. The smallest absolute Gasteiger partial charge is 0.294 e. The van der Waals surface area contributed by atoms with Gasteiger partial charge < -0.3 is 10.1 Å². The number of benzene rings is 2. The predicted molar refractivity (Wildman–Crippen MR) is 115 cm³/mol. The topological polar surface area (TPSA) is 75.7 Å². The number of hydrogen-bond acceptors (Lipinski definition) is 5. The van der Waals surface area contributed by atoms with E-state index < -0.39 is 23.6 Å². The summed E-state index contributed by atoms with van der Waals surface area (Å²) >= 11 is 12.9. The van der Waals surface area contributed by atoms with Crippen molar-refractivity contribution in [2.45, 2.75) is 6.92 Å². The van der Waals surface area contributed by atoms with Crippen LogP contribution in [-0.2, 0) is 9.59 Å². The first kappa shape index (κ1) is 21.2. The van der Waals surface area contributed by atoms with Gasteiger partial charge in [-0.15, -0.1) is 0 Å². The second-order valence-electron chi connectivity index (χ2n) is 5.92. The highest BCUT2D eigenvalue weighted by molar-refractivity contribution is 8.18. The van der Waals surface area contributed by atoms with Crippen LogP contribution in [0.15, 0.2) is 47.4 Å². The number of anilines is 1. The third-order valence-corrected chi connectivity index (χ3v) is 5.63. The third kappa shape index (κ3) is 5.12. The van der Waals surface area contributed by atoms with Gasteiger partial charge in [-0.3, -0.25) is 19.3 Å². The maximum absolute atomic E-state index is 12.6. The van der Waals surface area contributed by atoms with Crippen molar-refractivity contribution in [2.75, 3.05) is 18.5 Å². The molecule has 0 spiro atoms. The van der Waals surface area contributed by atoms with Crippen molar-refractivity contribution >= 4 is 63.8 Å². The molecule has 1 N–H and O–H groups in total. The van der Waals surface area contributed by atoms with Crippen LogP contribution < -0.4 is 10.1 Å². The van der Waals surface area contributed by atoms with E-state index in [0.717, 1.165) is 16.7 Å². The fraction of sp³-hybridized carbons (Fsp3) is 0.150. The molecule has 2 aromatic carbocycles. The van der Waals surface area contributed by atoms with E-state index in [0.29, 0.717) is 28.6 Å². The number of hydrogen-bond donors (Lipinski definition) is 1. The molecule has 0 radical (unpaired) electrons. The molecule has 0 unspecified atom stereocenters. The normalized spacial score (nSPS) is 15.1. The zero-order chi connectivity index (χ0) is 21.0. The van der Waals surface area contributed by atoms with Gasteiger partial charge in [0.1, 0.15) is 12.3 Å². The van der Waals surface area contributed by atoms with Crippen LogP contribution in [0.3, 0.4) is 0 Å². The van der Waals surface area contributed by atoms with Crippen molar-refractivity contribution in [3.05, 3.63) is 63.0 Å². The van der Waals surface area contributed by atoms with Crippen LogP contribution in [0.2, 0.25) is 10.0 Å². The standard InChI is InChI=1S/C20H16Cl2N2O4S/c1-2-28-14-8-6-13(7-9-14)23-17(25)11-24-19(26)16(29-20(24)27)10-12-4-3-5-15(21)18(12)22/h3-10H,2,11H2,1H3,(H,23,25)/b16-10+. The Morgan fingerprint density at radius 3 is 2.59 bits per heavy atom. The minimum absolute atomic E-state index is 0.174. The van der Waals surface area contributed by atoms with Gasteiger partial charge in [0.15, 0.2) is 0 Å². The summed E-state index contributed by atoms with van der Waals surface area (Å²) in [6.07, 6.45) is 1.49. The zero-order valence-corrected chi connectivity index (χ0v) is 17.6. The van der Waals surface area contributed by atoms with Crippen LogP contribution in [0.5, 0.6) is 5.75 Å². The van der Waals surface area contributed by atoms with Gasteiger partial charge in [0.05, 0.1) is 21.6 Å². The zero-order valence-electron chi connectivity index (χ0n) is 15.3. The maximum Gasteiger partial charge on any atom is 0.294 e. The largest absolute Gasteiger partial charge is 0.494 e. The SMILES string of the molecule is CCOc1ccc(NC(=O)CN2C(=O)S/C(=C/c3cccc(Cl)c3Cl)C2=O)cc1. The minimum Gasteiger partial charge on any atom is -0.494 e. The van der Waals surface area contributed by atoms with Crippen molar-refractivity contribution in [2.24, 2.45) is 0 Å². The number of amides is 3. The van der Waals surface area contributed by atoms with Crippen molar-refractivity contribution in [3.8, 4) is 5.75 Å². The number of halogens is 2. The number of rotatable bonds is 6. The van der Waals surface area contributed by atoms with Crippen LogP contribution in [-0.4, -0.2) is 35.1 Å². The Hall–Kier alpha value is -2.48. The molecule has 6 nitrogen and oxygen atoms in total. The van der Waals surface area contributed by atoms with Crippen molar-refractivity contribution < 1.29 is 19.1 Å². The molecule has 1 aliphatic rings. The average molecular weight is 451 g/mol. The van der Waals surface area contributed by atoms with Crippen molar-refractivity contribution in [1.29, 1.82) is 0 Å². The summed E-state index contributed by atoms with van der Waals surface area (Å²) in [5.74, 6) is -0.363. The molecule has 1 fully saturated rings. The van der Waals surface area contributed by atoms with E-state index in [1.165, 1.54) is 6.08 Å². The lowest BCUT2D eigenvalue weighted by atomic mass is 10.2. The summed E-state index contributed by atoms with van der Waals surface area (Å²) in [5.41, 5.74) is 1.05. The second-order valence-corrected chi connectivity index (χ2v) is 7.69. The molecule has 0 bridgehead atoms. The van der Waals surface area contributed by atoms with Gasteiger partial charge in [0.25, 0.3) is 11.1 Å². The molecule has 1 saturated heterocycles. The van der Waals surface area contributed by atoms with Gasteiger partial charge in [-0.1, -0.05) is 35.3 Å². The minimum atomic E-state index is -0.558. The number of carbonyl (C=O) groups excluding carboxylic acids is 3. The van der Waals surface area contributed by atoms with Crippen LogP contribution in [0.1, 0.15) is 12.5 Å².